The Kier molecular flexibility index (Phi) is 4.34. The lowest BCUT2D eigenvalue weighted by Crippen LogP contribution is -2.41. The number of amides is 4. The summed E-state index contributed by atoms with van der Waals surface area (Å²) in [5, 5.41) is 7.29. The molecule has 7 heteroatoms. The molecule has 0 bridgehead atoms. The van der Waals surface area contributed by atoms with E-state index in [1.165, 1.54) is 11.3 Å². The van der Waals surface area contributed by atoms with Gasteiger partial charge in [0, 0.05) is 10.6 Å². The highest BCUT2D eigenvalue weighted by molar-refractivity contribution is 7.10. The number of aryl methyl sites for hydroxylation is 2. The molecule has 1 atom stereocenters. The summed E-state index contributed by atoms with van der Waals surface area (Å²) in [6, 6.07) is 8.71. The molecule has 0 radical (unpaired) electrons. The van der Waals surface area contributed by atoms with Gasteiger partial charge in [0.1, 0.15) is 6.54 Å². The lowest BCUT2D eigenvalue weighted by molar-refractivity contribution is -0.133. The first-order valence-electron chi connectivity index (χ1n) is 7.86. The van der Waals surface area contributed by atoms with Gasteiger partial charge in [0.05, 0.1) is 0 Å². The van der Waals surface area contributed by atoms with Crippen molar-refractivity contribution in [1.29, 1.82) is 0 Å². The van der Waals surface area contributed by atoms with E-state index < -0.39 is 23.4 Å². The van der Waals surface area contributed by atoms with E-state index in [4.69, 9.17) is 0 Å². The molecule has 1 aromatic heterocycles. The van der Waals surface area contributed by atoms with Crippen molar-refractivity contribution in [2.45, 2.75) is 26.3 Å². The molecule has 130 valence electrons. The summed E-state index contributed by atoms with van der Waals surface area (Å²) >= 11 is 1.39. The molecule has 1 aromatic carbocycles. The molecule has 0 saturated carbocycles. The Morgan fingerprint density at radius 1 is 1.28 bits per heavy atom. The standard InChI is InChI=1S/C18H19N3O3S/c1-11-6-7-13(12(2)9-11)19-15(22)10-21-16(23)18(3,20-17(21)24)14-5-4-8-25-14/h4-9H,10H2,1-3H3,(H,19,22)(H,20,24). The van der Waals surface area contributed by atoms with Gasteiger partial charge >= 0.3 is 6.03 Å². The summed E-state index contributed by atoms with van der Waals surface area (Å²) in [5.74, 6) is -0.832. The van der Waals surface area contributed by atoms with Crippen molar-refractivity contribution in [3.8, 4) is 0 Å². The van der Waals surface area contributed by atoms with Crippen molar-refractivity contribution >= 4 is 34.9 Å². The van der Waals surface area contributed by atoms with Gasteiger partial charge in [0.25, 0.3) is 5.91 Å². The maximum Gasteiger partial charge on any atom is 0.325 e. The van der Waals surface area contributed by atoms with Crippen LogP contribution in [-0.2, 0) is 15.1 Å². The molecule has 1 aliphatic heterocycles. The third kappa shape index (κ3) is 3.15. The third-order valence-electron chi connectivity index (χ3n) is 4.25. The van der Waals surface area contributed by atoms with Crippen molar-refractivity contribution in [1.82, 2.24) is 10.2 Å². The average molecular weight is 357 g/mol. The molecule has 2 aromatic rings. The lowest BCUT2D eigenvalue weighted by Gasteiger charge is -2.20. The monoisotopic (exact) mass is 357 g/mol. The average Bonchev–Trinajstić information content (AvgIpc) is 3.15. The molecule has 25 heavy (non-hydrogen) atoms. The van der Waals surface area contributed by atoms with Crippen molar-refractivity contribution < 1.29 is 14.4 Å². The number of hydrogen-bond donors (Lipinski definition) is 2. The Morgan fingerprint density at radius 2 is 2.04 bits per heavy atom. The first-order chi connectivity index (χ1) is 11.8. The number of thiophene rings is 1. The van der Waals surface area contributed by atoms with Crippen LogP contribution in [-0.4, -0.2) is 29.3 Å². The molecule has 0 aliphatic carbocycles. The maximum atomic E-state index is 12.7. The molecule has 4 amide bonds. The fraction of sp³-hybridized carbons (Fsp3) is 0.278. The molecule has 2 N–H and O–H groups in total. The molecule has 2 heterocycles. The van der Waals surface area contributed by atoms with Crippen molar-refractivity contribution in [2.24, 2.45) is 0 Å². The Balaban J connectivity index is 1.73. The number of nitrogens with zero attached hydrogens (tertiary/aromatic N) is 1. The highest BCUT2D eigenvalue weighted by Gasteiger charge is 2.50. The minimum absolute atomic E-state index is 0.320. The van der Waals surface area contributed by atoms with Crippen molar-refractivity contribution in [3.63, 3.8) is 0 Å². The van der Waals surface area contributed by atoms with Crippen LogP contribution in [0.2, 0.25) is 0 Å². The summed E-state index contributed by atoms with van der Waals surface area (Å²) in [4.78, 5) is 38.9. The fourth-order valence-electron chi connectivity index (χ4n) is 2.86. The summed E-state index contributed by atoms with van der Waals surface area (Å²) in [5.41, 5.74) is 1.57. The summed E-state index contributed by atoms with van der Waals surface area (Å²) in [7, 11) is 0. The van der Waals surface area contributed by atoms with Gasteiger partial charge in [0.15, 0.2) is 5.54 Å². The second-order valence-electron chi connectivity index (χ2n) is 6.29. The highest BCUT2D eigenvalue weighted by atomic mass is 32.1. The topological polar surface area (TPSA) is 78.5 Å². The molecular formula is C18H19N3O3S. The van der Waals surface area contributed by atoms with Gasteiger partial charge in [-0.15, -0.1) is 11.3 Å². The van der Waals surface area contributed by atoms with Crippen molar-refractivity contribution in [3.05, 3.63) is 51.7 Å². The van der Waals surface area contributed by atoms with Crippen LogP contribution in [0, 0.1) is 13.8 Å². The molecule has 1 aliphatic rings. The minimum Gasteiger partial charge on any atom is -0.324 e. The predicted molar refractivity (Wildman–Crippen MR) is 96.5 cm³/mol. The van der Waals surface area contributed by atoms with E-state index >= 15 is 0 Å². The number of imide groups is 1. The number of nitrogens with one attached hydrogen (secondary N) is 2. The van der Waals surface area contributed by atoms with Crippen LogP contribution in [0.1, 0.15) is 22.9 Å². The maximum absolute atomic E-state index is 12.7. The van der Waals surface area contributed by atoms with Gasteiger partial charge in [-0.3, -0.25) is 14.5 Å². The number of carbonyl (C=O) groups is 3. The summed E-state index contributed by atoms with van der Waals surface area (Å²) in [6.45, 7) is 5.20. The fourth-order valence-corrected chi connectivity index (χ4v) is 3.69. The van der Waals surface area contributed by atoms with E-state index in [-0.39, 0.29) is 6.54 Å². The normalized spacial score (nSPS) is 19.9. The van der Waals surface area contributed by atoms with E-state index in [2.05, 4.69) is 10.6 Å². The number of rotatable bonds is 4. The van der Waals surface area contributed by atoms with Crippen LogP contribution in [0.15, 0.2) is 35.7 Å². The van der Waals surface area contributed by atoms with Crippen LogP contribution >= 0.6 is 11.3 Å². The molecular weight excluding hydrogens is 338 g/mol. The van der Waals surface area contributed by atoms with E-state index in [9.17, 15) is 14.4 Å². The zero-order valence-electron chi connectivity index (χ0n) is 14.3. The van der Waals surface area contributed by atoms with E-state index in [1.807, 2.05) is 43.5 Å². The zero-order chi connectivity index (χ0) is 18.2. The zero-order valence-corrected chi connectivity index (χ0v) is 15.1. The van der Waals surface area contributed by atoms with Gasteiger partial charge in [-0.2, -0.15) is 0 Å². The highest BCUT2D eigenvalue weighted by Crippen LogP contribution is 2.31. The molecule has 0 spiro atoms. The Bertz CT molecular complexity index is 847. The third-order valence-corrected chi connectivity index (χ3v) is 5.34. The molecule has 1 fully saturated rings. The Labute approximate surface area is 149 Å². The lowest BCUT2D eigenvalue weighted by atomic mass is 10.0. The Morgan fingerprint density at radius 3 is 2.68 bits per heavy atom. The van der Waals surface area contributed by atoms with Gasteiger partial charge in [-0.05, 0) is 43.8 Å². The second kappa shape index (κ2) is 6.33. The summed E-state index contributed by atoms with van der Waals surface area (Å²) in [6.07, 6.45) is 0. The van der Waals surface area contributed by atoms with E-state index in [0.29, 0.717) is 5.69 Å². The molecule has 3 rings (SSSR count). The van der Waals surface area contributed by atoms with E-state index in [1.54, 1.807) is 13.0 Å². The number of urea groups is 1. The number of carbonyl (C=O) groups excluding carboxylic acids is 3. The number of hydrogen-bond acceptors (Lipinski definition) is 4. The smallest absolute Gasteiger partial charge is 0.324 e. The molecule has 1 unspecified atom stereocenters. The van der Waals surface area contributed by atoms with Crippen molar-refractivity contribution in [2.75, 3.05) is 11.9 Å². The minimum atomic E-state index is -1.12. The van der Waals surface area contributed by atoms with Gasteiger partial charge in [-0.1, -0.05) is 23.8 Å². The first-order valence-corrected chi connectivity index (χ1v) is 8.74. The van der Waals surface area contributed by atoms with Crippen LogP contribution < -0.4 is 10.6 Å². The number of benzene rings is 1. The van der Waals surface area contributed by atoms with Crippen LogP contribution in [0.3, 0.4) is 0 Å². The number of anilines is 1. The SMILES string of the molecule is Cc1ccc(NC(=O)CN2C(=O)NC(C)(c3cccs3)C2=O)c(C)c1. The van der Waals surface area contributed by atoms with Crippen LogP contribution in [0.5, 0.6) is 0 Å². The molecule has 1 saturated heterocycles. The Hall–Kier alpha value is -2.67. The largest absolute Gasteiger partial charge is 0.325 e. The summed E-state index contributed by atoms with van der Waals surface area (Å²) < 4.78 is 0. The van der Waals surface area contributed by atoms with Crippen LogP contribution in [0.4, 0.5) is 10.5 Å². The predicted octanol–water partition coefficient (Wildman–Crippen LogP) is 2.77. The van der Waals surface area contributed by atoms with Gasteiger partial charge < -0.3 is 10.6 Å². The van der Waals surface area contributed by atoms with Crippen LogP contribution in [0.25, 0.3) is 0 Å². The first kappa shape index (κ1) is 17.2. The van der Waals surface area contributed by atoms with Gasteiger partial charge in [0.2, 0.25) is 5.91 Å². The molecule has 6 nitrogen and oxygen atoms in total. The second-order valence-corrected chi connectivity index (χ2v) is 7.24. The quantitative estimate of drug-likeness (QED) is 0.826. The van der Waals surface area contributed by atoms with E-state index in [0.717, 1.165) is 20.9 Å². The van der Waals surface area contributed by atoms with Gasteiger partial charge in [-0.25, -0.2) is 4.79 Å².